The highest BCUT2D eigenvalue weighted by Crippen LogP contribution is 2.50. The monoisotopic (exact) mass is 634 g/mol. The minimum atomic E-state index is -3.42. The standard InChI is InChI=1S/C22H48BrO8PSi3/c1-12-26-32(24,27-13-2)17-14-18-19(29-33(3,4)5)20(30-34(6,7)8)21(31-35(9,10)11)22(28-18)25-16-15-23/h14,17-22H,12-13,15-16H2,1-11H3/b17-14+/t18?,19-,20+,21?,22+/m1/s1. The summed E-state index contributed by atoms with van der Waals surface area (Å²) >= 11 is 3.44. The molecule has 1 heterocycles. The number of hydrogen-bond donors (Lipinski definition) is 0. The molecule has 0 N–H and O–H groups in total. The molecule has 8 nitrogen and oxygen atoms in total. The molecule has 0 aromatic rings. The highest BCUT2D eigenvalue weighted by Gasteiger charge is 2.51. The van der Waals surface area contributed by atoms with E-state index < -0.39 is 63.3 Å². The molecule has 0 aliphatic carbocycles. The molecule has 0 bridgehead atoms. The zero-order valence-corrected chi connectivity index (χ0v) is 28.9. The van der Waals surface area contributed by atoms with Crippen molar-refractivity contribution in [3.05, 3.63) is 11.9 Å². The fraction of sp³-hybridized carbons (Fsp3) is 0.909. The van der Waals surface area contributed by atoms with Crippen molar-refractivity contribution in [2.45, 2.75) is 103 Å². The van der Waals surface area contributed by atoms with Gasteiger partial charge in [-0.2, -0.15) is 0 Å². The Morgan fingerprint density at radius 3 is 1.69 bits per heavy atom. The van der Waals surface area contributed by atoms with E-state index in [1.54, 1.807) is 19.9 Å². The largest absolute Gasteiger partial charge is 0.409 e. The third kappa shape index (κ3) is 12.9. The van der Waals surface area contributed by atoms with E-state index in [-0.39, 0.29) is 13.2 Å². The van der Waals surface area contributed by atoms with Crippen LogP contribution in [0.2, 0.25) is 58.9 Å². The van der Waals surface area contributed by atoms with Crippen LogP contribution in [0.25, 0.3) is 0 Å². The first-order valence-corrected chi connectivity index (χ1v) is 25.3. The second kappa shape index (κ2) is 14.3. The van der Waals surface area contributed by atoms with Gasteiger partial charge in [0.2, 0.25) is 0 Å². The van der Waals surface area contributed by atoms with Gasteiger partial charge in [-0.3, -0.25) is 4.57 Å². The Kier molecular flexibility index (Phi) is 13.8. The average Bonchev–Trinajstić information content (AvgIpc) is 2.66. The molecule has 0 aromatic heterocycles. The van der Waals surface area contributed by atoms with Crippen molar-refractivity contribution in [3.8, 4) is 0 Å². The van der Waals surface area contributed by atoms with Crippen molar-refractivity contribution < 1.29 is 36.4 Å². The van der Waals surface area contributed by atoms with E-state index >= 15 is 0 Å². The molecule has 2 unspecified atom stereocenters. The molecule has 1 saturated heterocycles. The minimum Gasteiger partial charge on any atom is -0.409 e. The molecule has 5 atom stereocenters. The normalized spacial score (nSPS) is 27.0. The maximum atomic E-state index is 13.2. The van der Waals surface area contributed by atoms with Gasteiger partial charge >= 0.3 is 7.60 Å². The van der Waals surface area contributed by atoms with Crippen LogP contribution in [0.4, 0.5) is 0 Å². The first-order valence-electron chi connectivity index (χ1n) is 12.4. The van der Waals surface area contributed by atoms with Crippen LogP contribution in [0.5, 0.6) is 0 Å². The Labute approximate surface area is 224 Å². The third-order valence-electron chi connectivity index (χ3n) is 4.44. The molecular weight excluding hydrogens is 587 g/mol. The van der Waals surface area contributed by atoms with Gasteiger partial charge in [0.25, 0.3) is 0 Å². The lowest BCUT2D eigenvalue weighted by Gasteiger charge is -2.50. The maximum Gasteiger partial charge on any atom is 0.353 e. The van der Waals surface area contributed by atoms with E-state index in [2.05, 4.69) is 74.9 Å². The molecule has 35 heavy (non-hydrogen) atoms. The molecular formula is C22H48BrO8PSi3. The second-order valence-electron chi connectivity index (χ2n) is 11.3. The summed E-state index contributed by atoms with van der Waals surface area (Å²) in [5.41, 5.74) is 0. The van der Waals surface area contributed by atoms with E-state index in [0.717, 1.165) is 0 Å². The lowest BCUT2D eigenvalue weighted by molar-refractivity contribution is -0.275. The lowest BCUT2D eigenvalue weighted by atomic mass is 9.99. The molecule has 0 spiro atoms. The molecule has 1 aliphatic rings. The third-order valence-corrected chi connectivity index (χ3v) is 9.47. The Hall–Kier alpha value is 0.821. The summed E-state index contributed by atoms with van der Waals surface area (Å²) in [7, 11) is -9.51. The summed E-state index contributed by atoms with van der Waals surface area (Å²) in [5, 5.41) is 0.658. The molecule has 1 rings (SSSR count). The Bertz CT molecular complexity index is 698. The Morgan fingerprint density at radius 1 is 0.800 bits per heavy atom. The first-order chi connectivity index (χ1) is 15.9. The molecule has 208 valence electrons. The van der Waals surface area contributed by atoms with Crippen molar-refractivity contribution in [3.63, 3.8) is 0 Å². The second-order valence-corrected chi connectivity index (χ2v) is 27.4. The summed E-state index contributed by atoms with van der Waals surface area (Å²) in [5.74, 6) is 1.48. The van der Waals surface area contributed by atoms with Gasteiger partial charge in [0.1, 0.15) is 24.4 Å². The maximum absolute atomic E-state index is 13.2. The molecule has 1 fully saturated rings. The Balaban J connectivity index is 3.57. The number of ether oxygens (including phenoxy) is 2. The summed E-state index contributed by atoms with van der Waals surface area (Å²) in [4.78, 5) is 0. The smallest absolute Gasteiger partial charge is 0.353 e. The van der Waals surface area contributed by atoms with E-state index in [1.807, 2.05) is 0 Å². The molecule has 1 aliphatic heterocycles. The van der Waals surface area contributed by atoms with Gasteiger partial charge < -0.3 is 31.8 Å². The molecule has 0 radical (unpaired) electrons. The van der Waals surface area contributed by atoms with Crippen LogP contribution in [0, 0.1) is 0 Å². The van der Waals surface area contributed by atoms with E-state index in [9.17, 15) is 4.57 Å². The van der Waals surface area contributed by atoms with Crippen LogP contribution >= 0.6 is 23.5 Å². The van der Waals surface area contributed by atoms with Crippen molar-refractivity contribution in [2.75, 3.05) is 25.2 Å². The van der Waals surface area contributed by atoms with Crippen LogP contribution in [0.15, 0.2) is 11.9 Å². The van der Waals surface area contributed by atoms with Gasteiger partial charge in [0.05, 0.1) is 19.8 Å². The fourth-order valence-corrected chi connectivity index (χ4v) is 8.34. The van der Waals surface area contributed by atoms with Crippen molar-refractivity contribution in [1.82, 2.24) is 0 Å². The van der Waals surface area contributed by atoms with Crippen LogP contribution in [-0.4, -0.2) is 80.8 Å². The van der Waals surface area contributed by atoms with E-state index in [1.165, 1.54) is 5.82 Å². The SMILES string of the molecule is CCOP(=O)(/C=C/C1O[C@H](OCCBr)C(O[Si](C)(C)C)[C@@H](O[Si](C)(C)C)[C@@H]1O[Si](C)(C)C)OCC. The van der Waals surface area contributed by atoms with Gasteiger partial charge in [0.15, 0.2) is 31.2 Å². The number of hydrogen-bond acceptors (Lipinski definition) is 8. The van der Waals surface area contributed by atoms with Gasteiger partial charge in [-0.15, -0.1) is 0 Å². The number of halogens is 1. The van der Waals surface area contributed by atoms with Gasteiger partial charge in [0, 0.05) is 11.1 Å². The first kappa shape index (κ1) is 33.8. The van der Waals surface area contributed by atoms with Crippen molar-refractivity contribution in [2.24, 2.45) is 0 Å². The van der Waals surface area contributed by atoms with E-state index in [4.69, 9.17) is 31.8 Å². The van der Waals surface area contributed by atoms with Crippen molar-refractivity contribution in [1.29, 1.82) is 0 Å². The highest BCUT2D eigenvalue weighted by atomic mass is 79.9. The number of alkyl halides is 1. The minimum absolute atomic E-state index is 0.270. The molecule has 13 heteroatoms. The Morgan fingerprint density at radius 2 is 1.26 bits per heavy atom. The average molecular weight is 636 g/mol. The quantitative estimate of drug-likeness (QED) is 0.114. The van der Waals surface area contributed by atoms with Crippen LogP contribution in [0.3, 0.4) is 0 Å². The van der Waals surface area contributed by atoms with E-state index in [0.29, 0.717) is 11.9 Å². The molecule has 0 amide bonds. The van der Waals surface area contributed by atoms with Gasteiger partial charge in [-0.1, -0.05) is 15.9 Å². The highest BCUT2D eigenvalue weighted by molar-refractivity contribution is 9.09. The van der Waals surface area contributed by atoms with Crippen LogP contribution in [0.1, 0.15) is 13.8 Å². The predicted octanol–water partition coefficient (Wildman–Crippen LogP) is 6.56. The van der Waals surface area contributed by atoms with Crippen LogP contribution in [-0.2, 0) is 36.4 Å². The van der Waals surface area contributed by atoms with Crippen molar-refractivity contribution >= 4 is 48.5 Å². The summed E-state index contributed by atoms with van der Waals surface area (Å²) in [6.07, 6.45) is -0.861. The lowest BCUT2D eigenvalue weighted by Crippen LogP contribution is -2.65. The molecule has 0 saturated carbocycles. The van der Waals surface area contributed by atoms with Gasteiger partial charge in [-0.05, 0) is 78.8 Å². The summed E-state index contributed by atoms with van der Waals surface area (Å²) < 4.78 is 56.8. The predicted molar refractivity (Wildman–Crippen MR) is 153 cm³/mol. The molecule has 0 aromatic carbocycles. The number of rotatable bonds is 15. The van der Waals surface area contributed by atoms with Gasteiger partial charge in [-0.25, -0.2) is 0 Å². The fourth-order valence-electron chi connectivity index (χ4n) is 3.58. The summed E-state index contributed by atoms with van der Waals surface area (Å²) in [6.45, 7) is 23.8. The topological polar surface area (TPSA) is 81.7 Å². The zero-order chi connectivity index (χ0) is 27.1. The van der Waals surface area contributed by atoms with Crippen LogP contribution < -0.4 is 0 Å². The summed E-state index contributed by atoms with van der Waals surface area (Å²) in [6, 6.07) is 0. The zero-order valence-electron chi connectivity index (χ0n) is 23.5.